The molecule has 1 unspecified atom stereocenters. The highest BCUT2D eigenvalue weighted by Gasteiger charge is 2.29. The van der Waals surface area contributed by atoms with Crippen molar-refractivity contribution < 1.29 is 4.74 Å². The molecule has 0 saturated carbocycles. The van der Waals surface area contributed by atoms with Crippen LogP contribution in [0.5, 0.6) is 0 Å². The van der Waals surface area contributed by atoms with Gasteiger partial charge < -0.3 is 4.74 Å². The Morgan fingerprint density at radius 3 is 2.78 bits per heavy atom. The Morgan fingerprint density at radius 1 is 1.44 bits per heavy atom. The molecule has 4 nitrogen and oxygen atoms in total. The molecule has 1 aromatic heterocycles. The number of nitrogens with two attached hydrogens (primary N) is 1. The predicted octanol–water partition coefficient (Wildman–Crippen LogP) is 2.10. The highest BCUT2D eigenvalue weighted by atomic mass is 32.1. The van der Waals surface area contributed by atoms with E-state index in [9.17, 15) is 0 Å². The van der Waals surface area contributed by atoms with E-state index in [1.807, 2.05) is 32.0 Å². The summed E-state index contributed by atoms with van der Waals surface area (Å²) in [6.07, 6.45) is 0.761. The summed E-state index contributed by atoms with van der Waals surface area (Å²) in [6.45, 7) is 4.04. The SMILES string of the molecule is COC(C)(C)C(Cc1nc2ccccc2s1)NN. The summed E-state index contributed by atoms with van der Waals surface area (Å²) in [6, 6.07) is 8.18. The molecule has 0 spiro atoms. The van der Waals surface area contributed by atoms with E-state index < -0.39 is 0 Å². The molecule has 98 valence electrons. The van der Waals surface area contributed by atoms with Crippen molar-refractivity contribution in [3.63, 3.8) is 0 Å². The number of ether oxygens (including phenoxy) is 1. The highest BCUT2D eigenvalue weighted by Crippen LogP contribution is 2.25. The van der Waals surface area contributed by atoms with Gasteiger partial charge in [0.15, 0.2) is 0 Å². The maximum Gasteiger partial charge on any atom is 0.0955 e. The van der Waals surface area contributed by atoms with Crippen molar-refractivity contribution in [3.05, 3.63) is 29.3 Å². The normalized spacial score (nSPS) is 14.0. The first kappa shape index (κ1) is 13.4. The van der Waals surface area contributed by atoms with Gasteiger partial charge in [-0.25, -0.2) is 4.98 Å². The summed E-state index contributed by atoms with van der Waals surface area (Å²) in [7, 11) is 1.70. The number of methoxy groups -OCH3 is 1. The van der Waals surface area contributed by atoms with Crippen LogP contribution in [0.25, 0.3) is 10.2 Å². The molecule has 0 radical (unpaired) electrons. The zero-order valence-corrected chi connectivity index (χ0v) is 11.8. The molecule has 0 bridgehead atoms. The number of aromatic nitrogens is 1. The second-order valence-electron chi connectivity index (χ2n) is 4.81. The number of hydrazine groups is 1. The second-order valence-corrected chi connectivity index (χ2v) is 5.92. The van der Waals surface area contributed by atoms with Crippen molar-refractivity contribution in [2.24, 2.45) is 5.84 Å². The lowest BCUT2D eigenvalue weighted by atomic mass is 9.96. The Balaban J connectivity index is 2.21. The lowest BCUT2D eigenvalue weighted by molar-refractivity contribution is -0.0101. The molecular formula is C13H19N3OS. The molecule has 0 aliphatic rings. The van der Waals surface area contributed by atoms with Crippen LogP contribution in [0.4, 0.5) is 0 Å². The minimum Gasteiger partial charge on any atom is -0.377 e. The number of fused-ring (bicyclic) bond motifs is 1. The van der Waals surface area contributed by atoms with E-state index in [2.05, 4.69) is 16.5 Å². The fourth-order valence-corrected chi connectivity index (χ4v) is 2.84. The summed E-state index contributed by atoms with van der Waals surface area (Å²) < 4.78 is 6.68. The number of benzene rings is 1. The molecule has 0 aliphatic carbocycles. The van der Waals surface area contributed by atoms with Crippen molar-refractivity contribution in [2.75, 3.05) is 7.11 Å². The first-order valence-corrected chi connectivity index (χ1v) is 6.74. The first-order chi connectivity index (χ1) is 8.56. The number of nitrogens with one attached hydrogen (secondary N) is 1. The fraction of sp³-hybridized carbons (Fsp3) is 0.462. The molecule has 2 rings (SSSR count). The van der Waals surface area contributed by atoms with Gasteiger partial charge in [-0.05, 0) is 26.0 Å². The summed E-state index contributed by atoms with van der Waals surface area (Å²) >= 11 is 1.71. The number of hydrogen-bond donors (Lipinski definition) is 2. The Kier molecular flexibility index (Phi) is 3.97. The summed E-state index contributed by atoms with van der Waals surface area (Å²) in [5, 5.41) is 1.07. The summed E-state index contributed by atoms with van der Waals surface area (Å²) in [4.78, 5) is 4.62. The van der Waals surface area contributed by atoms with Crippen LogP contribution >= 0.6 is 11.3 Å². The van der Waals surface area contributed by atoms with E-state index in [0.29, 0.717) is 0 Å². The monoisotopic (exact) mass is 265 g/mol. The predicted molar refractivity (Wildman–Crippen MR) is 75.5 cm³/mol. The molecule has 1 aromatic carbocycles. The molecule has 3 N–H and O–H groups in total. The van der Waals surface area contributed by atoms with Crippen molar-refractivity contribution in [3.8, 4) is 0 Å². The van der Waals surface area contributed by atoms with E-state index in [0.717, 1.165) is 16.9 Å². The number of hydrogen-bond acceptors (Lipinski definition) is 5. The van der Waals surface area contributed by atoms with E-state index in [1.165, 1.54) is 4.70 Å². The molecule has 2 aromatic rings. The quantitative estimate of drug-likeness (QED) is 0.642. The molecule has 0 amide bonds. The Labute approximate surface area is 111 Å². The van der Waals surface area contributed by atoms with Crippen LogP contribution in [0, 0.1) is 0 Å². The first-order valence-electron chi connectivity index (χ1n) is 5.92. The number of rotatable bonds is 5. The molecule has 0 saturated heterocycles. The average molecular weight is 265 g/mol. The van der Waals surface area contributed by atoms with Gasteiger partial charge in [0.05, 0.1) is 26.9 Å². The maximum absolute atomic E-state index is 5.62. The van der Waals surface area contributed by atoms with Gasteiger partial charge in [0.2, 0.25) is 0 Å². The maximum atomic E-state index is 5.62. The molecule has 0 fully saturated rings. The van der Waals surface area contributed by atoms with E-state index >= 15 is 0 Å². The average Bonchev–Trinajstić information content (AvgIpc) is 2.78. The summed E-state index contributed by atoms with van der Waals surface area (Å²) in [5.41, 5.74) is 3.55. The van der Waals surface area contributed by atoms with Crippen LogP contribution in [0.2, 0.25) is 0 Å². The van der Waals surface area contributed by atoms with E-state index in [1.54, 1.807) is 18.4 Å². The lowest BCUT2D eigenvalue weighted by Crippen LogP contribution is -2.52. The minimum atomic E-state index is -0.327. The molecule has 1 atom stereocenters. The lowest BCUT2D eigenvalue weighted by Gasteiger charge is -2.31. The van der Waals surface area contributed by atoms with Crippen LogP contribution in [0.15, 0.2) is 24.3 Å². The van der Waals surface area contributed by atoms with Crippen LogP contribution in [0.1, 0.15) is 18.9 Å². The van der Waals surface area contributed by atoms with Crippen molar-refractivity contribution in [1.82, 2.24) is 10.4 Å². The third-order valence-corrected chi connectivity index (χ3v) is 4.34. The largest absolute Gasteiger partial charge is 0.377 e. The Morgan fingerprint density at radius 2 is 2.17 bits per heavy atom. The zero-order valence-electron chi connectivity index (χ0n) is 10.9. The van der Waals surface area contributed by atoms with E-state index in [4.69, 9.17) is 10.6 Å². The zero-order chi connectivity index (χ0) is 13.2. The topological polar surface area (TPSA) is 60.2 Å². The fourth-order valence-electron chi connectivity index (χ4n) is 1.83. The van der Waals surface area contributed by atoms with Gasteiger partial charge in [0.1, 0.15) is 0 Å². The van der Waals surface area contributed by atoms with Gasteiger partial charge >= 0.3 is 0 Å². The molecule has 18 heavy (non-hydrogen) atoms. The standard InChI is InChI=1S/C13H19N3OS/c1-13(2,17-3)11(16-14)8-12-15-9-6-4-5-7-10(9)18-12/h4-7,11,16H,8,14H2,1-3H3. The smallest absolute Gasteiger partial charge is 0.0955 e. The minimum absolute atomic E-state index is 0.0306. The van der Waals surface area contributed by atoms with Gasteiger partial charge in [-0.1, -0.05) is 12.1 Å². The van der Waals surface area contributed by atoms with Crippen molar-refractivity contribution in [1.29, 1.82) is 0 Å². The number of para-hydroxylation sites is 1. The van der Waals surface area contributed by atoms with Gasteiger partial charge in [-0.3, -0.25) is 11.3 Å². The van der Waals surface area contributed by atoms with Crippen molar-refractivity contribution >= 4 is 21.6 Å². The molecule has 1 heterocycles. The number of thiazole rings is 1. The van der Waals surface area contributed by atoms with Crippen LogP contribution in [0.3, 0.4) is 0 Å². The van der Waals surface area contributed by atoms with Crippen molar-refractivity contribution in [2.45, 2.75) is 31.9 Å². The van der Waals surface area contributed by atoms with Crippen LogP contribution < -0.4 is 11.3 Å². The second kappa shape index (κ2) is 5.32. The molecule has 0 aliphatic heterocycles. The summed E-state index contributed by atoms with van der Waals surface area (Å²) in [5.74, 6) is 5.62. The van der Waals surface area contributed by atoms with E-state index in [-0.39, 0.29) is 11.6 Å². The van der Waals surface area contributed by atoms with Crippen LogP contribution in [-0.2, 0) is 11.2 Å². The van der Waals surface area contributed by atoms with Gasteiger partial charge in [0.25, 0.3) is 0 Å². The van der Waals surface area contributed by atoms with Gasteiger partial charge in [-0.15, -0.1) is 11.3 Å². The van der Waals surface area contributed by atoms with Crippen LogP contribution in [-0.4, -0.2) is 23.7 Å². The van der Waals surface area contributed by atoms with Gasteiger partial charge in [0, 0.05) is 13.5 Å². The Bertz CT molecular complexity index is 491. The third-order valence-electron chi connectivity index (χ3n) is 3.28. The van der Waals surface area contributed by atoms with Gasteiger partial charge in [-0.2, -0.15) is 0 Å². The third kappa shape index (κ3) is 2.70. The molecular weight excluding hydrogens is 246 g/mol. The highest BCUT2D eigenvalue weighted by molar-refractivity contribution is 7.18. The Hall–Kier alpha value is -1.01. The molecule has 5 heteroatoms. The number of nitrogens with zero attached hydrogens (tertiary/aromatic N) is 1.